The predicted molar refractivity (Wildman–Crippen MR) is 80.6 cm³/mol. The average molecular weight is 336 g/mol. The van der Waals surface area contributed by atoms with E-state index in [1.807, 2.05) is 36.4 Å². The van der Waals surface area contributed by atoms with E-state index < -0.39 is 0 Å². The minimum Gasteiger partial charge on any atom is -0.495 e. The highest BCUT2D eigenvalue weighted by molar-refractivity contribution is 9.10. The molecule has 0 spiro atoms. The van der Waals surface area contributed by atoms with Crippen LogP contribution in [0.2, 0.25) is 0 Å². The molecule has 0 unspecified atom stereocenters. The number of ether oxygens (including phenoxy) is 3. The summed E-state index contributed by atoms with van der Waals surface area (Å²) in [6, 6.07) is 11.8. The summed E-state index contributed by atoms with van der Waals surface area (Å²) in [5, 5.41) is 3.36. The standard InChI is InChI=1S/C15H14BrNO3/c1-18-13-5-3-2-4-12(13)17-8-10-6-11(16)15-14(7-10)19-9-20-15/h2-7,17H,8-9H2,1H3. The Morgan fingerprint density at radius 3 is 2.95 bits per heavy atom. The first kappa shape index (κ1) is 13.1. The number of para-hydroxylation sites is 2. The van der Waals surface area contributed by atoms with Gasteiger partial charge in [0.2, 0.25) is 6.79 Å². The molecule has 0 fully saturated rings. The van der Waals surface area contributed by atoms with Crippen molar-refractivity contribution in [2.24, 2.45) is 0 Å². The maximum atomic E-state index is 5.41. The van der Waals surface area contributed by atoms with Crippen LogP contribution >= 0.6 is 15.9 Å². The van der Waals surface area contributed by atoms with Crippen molar-refractivity contribution in [3.05, 3.63) is 46.4 Å². The molecule has 0 radical (unpaired) electrons. The highest BCUT2D eigenvalue weighted by atomic mass is 79.9. The third kappa shape index (κ3) is 2.54. The minimum absolute atomic E-state index is 0.275. The van der Waals surface area contributed by atoms with Gasteiger partial charge >= 0.3 is 0 Å². The Labute approximate surface area is 125 Å². The molecule has 0 bridgehead atoms. The lowest BCUT2D eigenvalue weighted by Gasteiger charge is -2.11. The molecule has 1 aliphatic rings. The van der Waals surface area contributed by atoms with Crippen molar-refractivity contribution in [1.82, 2.24) is 0 Å². The van der Waals surface area contributed by atoms with E-state index in [4.69, 9.17) is 14.2 Å². The summed E-state index contributed by atoms with van der Waals surface area (Å²) in [5.41, 5.74) is 2.07. The fourth-order valence-corrected chi connectivity index (χ4v) is 2.71. The lowest BCUT2D eigenvalue weighted by Crippen LogP contribution is -2.01. The number of rotatable bonds is 4. The van der Waals surface area contributed by atoms with Gasteiger partial charge in [-0.05, 0) is 45.8 Å². The van der Waals surface area contributed by atoms with Crippen LogP contribution in [0.5, 0.6) is 17.2 Å². The summed E-state index contributed by atoms with van der Waals surface area (Å²) in [4.78, 5) is 0. The zero-order chi connectivity index (χ0) is 13.9. The summed E-state index contributed by atoms with van der Waals surface area (Å²) in [6.45, 7) is 0.951. The van der Waals surface area contributed by atoms with Crippen LogP contribution in [0.25, 0.3) is 0 Å². The summed E-state index contributed by atoms with van der Waals surface area (Å²) in [5.74, 6) is 2.37. The van der Waals surface area contributed by atoms with E-state index in [1.54, 1.807) is 7.11 Å². The number of hydrogen-bond donors (Lipinski definition) is 1. The van der Waals surface area contributed by atoms with Crippen molar-refractivity contribution in [2.45, 2.75) is 6.54 Å². The van der Waals surface area contributed by atoms with Crippen LogP contribution < -0.4 is 19.5 Å². The van der Waals surface area contributed by atoms with Gasteiger partial charge in [0.15, 0.2) is 11.5 Å². The fraction of sp³-hybridized carbons (Fsp3) is 0.200. The Kier molecular flexibility index (Phi) is 3.69. The van der Waals surface area contributed by atoms with Gasteiger partial charge in [0.1, 0.15) is 5.75 Å². The van der Waals surface area contributed by atoms with Gasteiger partial charge in [-0.2, -0.15) is 0 Å². The summed E-state index contributed by atoms with van der Waals surface area (Å²) in [7, 11) is 1.66. The molecule has 1 N–H and O–H groups in total. The summed E-state index contributed by atoms with van der Waals surface area (Å²) >= 11 is 3.50. The van der Waals surface area contributed by atoms with Gasteiger partial charge < -0.3 is 19.5 Å². The largest absolute Gasteiger partial charge is 0.495 e. The van der Waals surface area contributed by atoms with E-state index in [0.717, 1.165) is 33.0 Å². The predicted octanol–water partition coefficient (Wildman–Crippen LogP) is 3.80. The van der Waals surface area contributed by atoms with E-state index >= 15 is 0 Å². The van der Waals surface area contributed by atoms with Crippen molar-refractivity contribution < 1.29 is 14.2 Å². The van der Waals surface area contributed by atoms with E-state index in [1.165, 1.54) is 0 Å². The van der Waals surface area contributed by atoms with Gasteiger partial charge in [-0.25, -0.2) is 0 Å². The van der Waals surface area contributed by atoms with E-state index in [0.29, 0.717) is 6.54 Å². The van der Waals surface area contributed by atoms with Crippen LogP contribution in [0.4, 0.5) is 5.69 Å². The molecule has 0 aliphatic carbocycles. The first-order chi connectivity index (χ1) is 9.78. The Hall–Kier alpha value is -1.88. The van der Waals surface area contributed by atoms with Crippen LogP contribution in [-0.4, -0.2) is 13.9 Å². The van der Waals surface area contributed by atoms with E-state index in [9.17, 15) is 0 Å². The molecule has 2 aromatic rings. The first-order valence-corrected chi connectivity index (χ1v) is 7.02. The van der Waals surface area contributed by atoms with Crippen LogP contribution in [0, 0.1) is 0 Å². The molecule has 0 amide bonds. The van der Waals surface area contributed by atoms with Crippen LogP contribution in [0.1, 0.15) is 5.56 Å². The maximum Gasteiger partial charge on any atom is 0.231 e. The molecule has 4 nitrogen and oxygen atoms in total. The van der Waals surface area contributed by atoms with Crippen LogP contribution in [0.15, 0.2) is 40.9 Å². The fourth-order valence-electron chi connectivity index (χ4n) is 2.11. The maximum absolute atomic E-state index is 5.41. The molecule has 1 heterocycles. The molecule has 2 aromatic carbocycles. The van der Waals surface area contributed by atoms with Gasteiger partial charge in [-0.3, -0.25) is 0 Å². The lowest BCUT2D eigenvalue weighted by molar-refractivity contribution is 0.173. The van der Waals surface area contributed by atoms with Crippen LogP contribution in [0.3, 0.4) is 0 Å². The molecular weight excluding hydrogens is 322 g/mol. The molecule has 0 saturated carbocycles. The van der Waals surface area contributed by atoms with Crippen molar-refractivity contribution in [3.8, 4) is 17.2 Å². The number of benzene rings is 2. The molecule has 5 heteroatoms. The second-order valence-electron chi connectivity index (χ2n) is 4.37. The monoisotopic (exact) mass is 335 g/mol. The zero-order valence-corrected chi connectivity index (χ0v) is 12.6. The smallest absolute Gasteiger partial charge is 0.231 e. The molecule has 20 heavy (non-hydrogen) atoms. The SMILES string of the molecule is COc1ccccc1NCc1cc(Br)c2c(c1)OCO2. The number of halogens is 1. The Morgan fingerprint density at radius 2 is 2.10 bits per heavy atom. The Morgan fingerprint density at radius 1 is 1.25 bits per heavy atom. The molecule has 0 saturated heterocycles. The normalized spacial score (nSPS) is 12.3. The van der Waals surface area contributed by atoms with Gasteiger partial charge in [-0.1, -0.05) is 12.1 Å². The molecule has 1 aliphatic heterocycles. The van der Waals surface area contributed by atoms with E-state index in [-0.39, 0.29) is 6.79 Å². The lowest BCUT2D eigenvalue weighted by atomic mass is 10.2. The number of methoxy groups -OCH3 is 1. The first-order valence-electron chi connectivity index (χ1n) is 6.23. The molecule has 104 valence electrons. The highest BCUT2D eigenvalue weighted by Gasteiger charge is 2.17. The molecule has 0 aromatic heterocycles. The van der Waals surface area contributed by atoms with Gasteiger partial charge in [0.05, 0.1) is 17.3 Å². The van der Waals surface area contributed by atoms with Gasteiger partial charge in [-0.15, -0.1) is 0 Å². The number of hydrogen-bond acceptors (Lipinski definition) is 4. The average Bonchev–Trinajstić information content (AvgIpc) is 2.94. The quantitative estimate of drug-likeness (QED) is 0.922. The summed E-state index contributed by atoms with van der Waals surface area (Å²) in [6.07, 6.45) is 0. The van der Waals surface area contributed by atoms with Gasteiger partial charge in [0, 0.05) is 6.54 Å². The van der Waals surface area contributed by atoms with Crippen molar-refractivity contribution in [3.63, 3.8) is 0 Å². The molecule has 3 rings (SSSR count). The Balaban J connectivity index is 1.77. The van der Waals surface area contributed by atoms with Crippen LogP contribution in [-0.2, 0) is 6.54 Å². The zero-order valence-electron chi connectivity index (χ0n) is 11.0. The van der Waals surface area contributed by atoms with Crippen molar-refractivity contribution in [2.75, 3.05) is 19.2 Å². The van der Waals surface area contributed by atoms with Crippen molar-refractivity contribution in [1.29, 1.82) is 0 Å². The molecular formula is C15H14BrNO3. The highest BCUT2D eigenvalue weighted by Crippen LogP contribution is 2.40. The van der Waals surface area contributed by atoms with E-state index in [2.05, 4.69) is 21.2 Å². The second kappa shape index (κ2) is 5.63. The Bertz CT molecular complexity index is 631. The number of nitrogens with one attached hydrogen (secondary N) is 1. The third-order valence-corrected chi connectivity index (χ3v) is 3.67. The minimum atomic E-state index is 0.275. The van der Waals surface area contributed by atoms with Crippen molar-refractivity contribution >= 4 is 21.6 Å². The van der Waals surface area contributed by atoms with Gasteiger partial charge in [0.25, 0.3) is 0 Å². The topological polar surface area (TPSA) is 39.7 Å². The summed E-state index contributed by atoms with van der Waals surface area (Å²) < 4.78 is 17.0. The molecule has 0 atom stereocenters. The third-order valence-electron chi connectivity index (χ3n) is 3.08. The second-order valence-corrected chi connectivity index (χ2v) is 5.22. The number of anilines is 1. The number of fused-ring (bicyclic) bond motifs is 1.